The number of hydrogen-bond donors (Lipinski definition) is 1. The van der Waals surface area contributed by atoms with Crippen molar-refractivity contribution < 1.29 is 9.90 Å². The minimum atomic E-state index is -0.772. The SMILES string of the molecule is O=C(O)[C@@H]1CCCN1c1nc(-c2cccnc2)nc2sc3c(c12)CCCC3. The quantitative estimate of drug-likeness (QED) is 0.747. The van der Waals surface area contributed by atoms with Crippen molar-refractivity contribution in [3.63, 3.8) is 0 Å². The Kier molecular flexibility index (Phi) is 4.04. The average molecular weight is 380 g/mol. The van der Waals surface area contributed by atoms with Gasteiger partial charge in [-0.05, 0) is 56.2 Å². The van der Waals surface area contributed by atoms with Gasteiger partial charge in [-0.1, -0.05) is 0 Å². The lowest BCUT2D eigenvalue weighted by atomic mass is 9.96. The fraction of sp³-hybridized carbons (Fsp3) is 0.400. The van der Waals surface area contributed by atoms with Gasteiger partial charge >= 0.3 is 5.97 Å². The first-order valence-corrected chi connectivity index (χ1v) is 10.3. The number of carbonyl (C=O) groups is 1. The summed E-state index contributed by atoms with van der Waals surface area (Å²) in [5.41, 5.74) is 2.20. The van der Waals surface area contributed by atoms with Crippen LogP contribution in [0.4, 0.5) is 5.82 Å². The molecule has 7 heteroatoms. The monoisotopic (exact) mass is 380 g/mol. The van der Waals surface area contributed by atoms with Crippen LogP contribution in [0, 0.1) is 0 Å². The van der Waals surface area contributed by atoms with Crippen molar-refractivity contribution in [2.45, 2.75) is 44.6 Å². The second kappa shape index (κ2) is 6.56. The molecule has 0 saturated carbocycles. The van der Waals surface area contributed by atoms with Gasteiger partial charge in [0.15, 0.2) is 5.82 Å². The van der Waals surface area contributed by atoms with E-state index in [2.05, 4.69) is 4.98 Å². The number of pyridine rings is 1. The number of anilines is 1. The van der Waals surface area contributed by atoms with Crippen LogP contribution in [0.2, 0.25) is 0 Å². The molecule has 1 aliphatic heterocycles. The molecular formula is C20H20N4O2S. The molecule has 1 N–H and O–H groups in total. The number of carboxylic acids is 1. The van der Waals surface area contributed by atoms with Gasteiger partial charge in [-0.3, -0.25) is 4.98 Å². The molecule has 2 aliphatic rings. The van der Waals surface area contributed by atoms with E-state index in [0.29, 0.717) is 12.2 Å². The van der Waals surface area contributed by atoms with Crippen LogP contribution in [0.5, 0.6) is 0 Å². The van der Waals surface area contributed by atoms with E-state index in [9.17, 15) is 9.90 Å². The van der Waals surface area contributed by atoms with Crippen molar-refractivity contribution in [3.05, 3.63) is 35.0 Å². The number of rotatable bonds is 3. The van der Waals surface area contributed by atoms with Gasteiger partial charge < -0.3 is 10.0 Å². The molecule has 1 atom stereocenters. The molecule has 1 fully saturated rings. The molecule has 0 unspecified atom stereocenters. The van der Waals surface area contributed by atoms with E-state index in [1.165, 1.54) is 23.3 Å². The Hall–Kier alpha value is -2.54. The van der Waals surface area contributed by atoms with E-state index in [1.807, 2.05) is 17.0 Å². The van der Waals surface area contributed by atoms with E-state index in [-0.39, 0.29) is 0 Å². The number of fused-ring (bicyclic) bond motifs is 3. The molecule has 1 saturated heterocycles. The van der Waals surface area contributed by atoms with Gasteiger partial charge in [0.2, 0.25) is 0 Å². The van der Waals surface area contributed by atoms with Gasteiger partial charge in [0, 0.05) is 29.4 Å². The summed E-state index contributed by atoms with van der Waals surface area (Å²) in [6, 6.07) is 3.31. The third-order valence-electron chi connectivity index (χ3n) is 5.53. The number of thiophene rings is 1. The van der Waals surface area contributed by atoms with Gasteiger partial charge in [-0.25, -0.2) is 14.8 Å². The number of hydrogen-bond acceptors (Lipinski definition) is 6. The summed E-state index contributed by atoms with van der Waals surface area (Å²) in [5, 5.41) is 10.8. The Morgan fingerprint density at radius 3 is 2.93 bits per heavy atom. The zero-order valence-electron chi connectivity index (χ0n) is 14.9. The summed E-state index contributed by atoms with van der Waals surface area (Å²) in [7, 11) is 0. The molecule has 0 radical (unpaired) electrons. The summed E-state index contributed by atoms with van der Waals surface area (Å²) in [5.74, 6) is 0.648. The Labute approximate surface area is 160 Å². The summed E-state index contributed by atoms with van der Waals surface area (Å²) in [6.45, 7) is 0.722. The lowest BCUT2D eigenvalue weighted by molar-refractivity contribution is -0.138. The zero-order chi connectivity index (χ0) is 18.4. The second-order valence-corrected chi connectivity index (χ2v) is 8.28. The van der Waals surface area contributed by atoms with Crippen molar-refractivity contribution in [2.75, 3.05) is 11.4 Å². The standard InChI is InChI=1S/C20H20N4O2S/c25-20(26)14-7-4-10-24(14)18-16-13-6-1-2-8-15(13)27-19(16)23-17(22-18)12-5-3-9-21-11-12/h3,5,9,11,14H,1-2,4,6-8,10H2,(H,25,26)/t14-/m0/s1. The maximum atomic E-state index is 11.8. The van der Waals surface area contributed by atoms with E-state index >= 15 is 0 Å². The highest BCUT2D eigenvalue weighted by Crippen LogP contribution is 2.42. The van der Waals surface area contributed by atoms with Crippen LogP contribution < -0.4 is 4.90 Å². The summed E-state index contributed by atoms with van der Waals surface area (Å²) in [4.78, 5) is 30.1. The molecule has 6 nitrogen and oxygen atoms in total. The molecular weight excluding hydrogens is 360 g/mol. The van der Waals surface area contributed by atoms with Crippen LogP contribution in [0.25, 0.3) is 21.6 Å². The number of aliphatic carboxylic acids is 1. The van der Waals surface area contributed by atoms with Gasteiger partial charge in [-0.2, -0.15) is 0 Å². The van der Waals surface area contributed by atoms with Crippen molar-refractivity contribution in [1.82, 2.24) is 15.0 Å². The topological polar surface area (TPSA) is 79.2 Å². The van der Waals surface area contributed by atoms with Gasteiger partial charge in [-0.15, -0.1) is 11.3 Å². The Bertz CT molecular complexity index is 1020. The zero-order valence-corrected chi connectivity index (χ0v) is 15.7. The van der Waals surface area contributed by atoms with Gasteiger partial charge in [0.1, 0.15) is 16.7 Å². The van der Waals surface area contributed by atoms with Crippen LogP contribution in [0.15, 0.2) is 24.5 Å². The van der Waals surface area contributed by atoms with Crippen molar-refractivity contribution in [1.29, 1.82) is 0 Å². The molecule has 0 amide bonds. The third kappa shape index (κ3) is 2.77. The lowest BCUT2D eigenvalue weighted by Gasteiger charge is -2.24. The lowest BCUT2D eigenvalue weighted by Crippen LogP contribution is -2.36. The summed E-state index contributed by atoms with van der Waals surface area (Å²) >= 11 is 1.75. The van der Waals surface area contributed by atoms with E-state index in [1.54, 1.807) is 23.7 Å². The smallest absolute Gasteiger partial charge is 0.326 e. The van der Waals surface area contributed by atoms with Crippen molar-refractivity contribution in [2.24, 2.45) is 0 Å². The molecule has 138 valence electrons. The summed E-state index contributed by atoms with van der Waals surface area (Å²) in [6.07, 6.45) is 9.52. The molecule has 3 aromatic heterocycles. The van der Waals surface area contributed by atoms with Gasteiger partial charge in [0.25, 0.3) is 0 Å². The summed E-state index contributed by atoms with van der Waals surface area (Å²) < 4.78 is 0. The number of carboxylic acid groups (broad SMARTS) is 1. The highest BCUT2D eigenvalue weighted by Gasteiger charge is 2.34. The average Bonchev–Trinajstić information content (AvgIpc) is 3.32. The second-order valence-electron chi connectivity index (χ2n) is 7.19. The molecule has 0 spiro atoms. The van der Waals surface area contributed by atoms with Crippen molar-refractivity contribution >= 4 is 33.3 Å². The molecule has 5 rings (SSSR count). The highest BCUT2D eigenvalue weighted by atomic mass is 32.1. The minimum absolute atomic E-state index is 0.510. The largest absolute Gasteiger partial charge is 0.480 e. The van der Waals surface area contributed by atoms with Crippen LogP contribution >= 0.6 is 11.3 Å². The fourth-order valence-electron chi connectivity index (χ4n) is 4.25. The molecule has 3 aromatic rings. The molecule has 27 heavy (non-hydrogen) atoms. The normalized spacial score (nSPS) is 19.4. The third-order valence-corrected chi connectivity index (χ3v) is 6.71. The molecule has 0 bridgehead atoms. The van der Waals surface area contributed by atoms with Gasteiger partial charge in [0.05, 0.1) is 5.39 Å². The highest BCUT2D eigenvalue weighted by molar-refractivity contribution is 7.19. The molecule has 1 aliphatic carbocycles. The minimum Gasteiger partial charge on any atom is -0.480 e. The van der Waals surface area contributed by atoms with E-state index in [4.69, 9.17) is 9.97 Å². The predicted octanol–water partition coefficient (Wildman–Crippen LogP) is 3.69. The van der Waals surface area contributed by atoms with Crippen LogP contribution in [0.3, 0.4) is 0 Å². The first-order chi connectivity index (χ1) is 13.2. The van der Waals surface area contributed by atoms with Crippen molar-refractivity contribution in [3.8, 4) is 11.4 Å². The Morgan fingerprint density at radius 2 is 2.11 bits per heavy atom. The first-order valence-electron chi connectivity index (χ1n) is 9.44. The number of aryl methyl sites for hydroxylation is 2. The van der Waals surface area contributed by atoms with Crippen LogP contribution in [0.1, 0.15) is 36.1 Å². The number of nitrogens with zero attached hydrogens (tertiary/aromatic N) is 4. The Morgan fingerprint density at radius 1 is 1.22 bits per heavy atom. The van der Waals surface area contributed by atoms with E-state index in [0.717, 1.165) is 47.4 Å². The Balaban J connectivity index is 1.75. The molecule has 4 heterocycles. The maximum Gasteiger partial charge on any atom is 0.326 e. The van der Waals surface area contributed by atoms with E-state index < -0.39 is 12.0 Å². The van der Waals surface area contributed by atoms with Crippen LogP contribution in [-0.2, 0) is 17.6 Å². The first kappa shape index (κ1) is 16.6. The molecule has 0 aromatic carbocycles. The maximum absolute atomic E-state index is 11.8. The predicted molar refractivity (Wildman–Crippen MR) is 105 cm³/mol. The fourth-order valence-corrected chi connectivity index (χ4v) is 5.50. The number of aromatic nitrogens is 3. The van der Waals surface area contributed by atoms with Crippen LogP contribution in [-0.4, -0.2) is 38.6 Å².